The number of ether oxygens (including phenoxy) is 3. The summed E-state index contributed by atoms with van der Waals surface area (Å²) in [5.41, 5.74) is 0. The van der Waals surface area contributed by atoms with Gasteiger partial charge in [-0.25, -0.2) is 0 Å². The van der Waals surface area contributed by atoms with Gasteiger partial charge in [-0.3, -0.25) is 14.4 Å². The summed E-state index contributed by atoms with van der Waals surface area (Å²) in [5, 5.41) is 0. The molecule has 1 unspecified atom stereocenters. The molecule has 0 amide bonds. The Kier molecular flexibility index (Phi) is 51.3. The molecule has 0 radical (unpaired) electrons. The van der Waals surface area contributed by atoms with Gasteiger partial charge in [-0.15, -0.1) is 0 Å². The maximum atomic E-state index is 12.8. The summed E-state index contributed by atoms with van der Waals surface area (Å²) in [5.74, 6) is -0.908. The van der Waals surface area contributed by atoms with E-state index >= 15 is 0 Å². The van der Waals surface area contributed by atoms with Crippen LogP contribution in [0.3, 0.4) is 0 Å². The van der Waals surface area contributed by atoms with E-state index in [2.05, 4.69) is 81.5 Å². The van der Waals surface area contributed by atoms with Crippen molar-refractivity contribution in [1.82, 2.24) is 0 Å². The second kappa shape index (κ2) is 53.7. The van der Waals surface area contributed by atoms with Crippen LogP contribution in [0, 0.1) is 0 Å². The highest BCUT2D eigenvalue weighted by Crippen LogP contribution is 2.16. The van der Waals surface area contributed by atoms with Gasteiger partial charge in [0.25, 0.3) is 0 Å². The Labute approximate surface area is 402 Å². The molecule has 0 spiro atoms. The molecule has 0 aromatic heterocycles. The monoisotopic (exact) mass is 909 g/mol. The van der Waals surface area contributed by atoms with Gasteiger partial charge in [-0.1, -0.05) is 236 Å². The largest absolute Gasteiger partial charge is 0.462 e. The Bertz CT molecular complexity index is 1180. The molecule has 0 aromatic carbocycles. The molecule has 6 heteroatoms. The van der Waals surface area contributed by atoms with Crippen LogP contribution >= 0.6 is 0 Å². The molecule has 0 aromatic rings. The molecule has 0 rings (SSSR count). The van der Waals surface area contributed by atoms with Gasteiger partial charge >= 0.3 is 17.9 Å². The molecule has 0 bridgehead atoms. The zero-order valence-corrected chi connectivity index (χ0v) is 43.0. The number of rotatable bonds is 50. The van der Waals surface area contributed by atoms with Crippen molar-refractivity contribution in [3.05, 3.63) is 60.8 Å². The van der Waals surface area contributed by atoms with E-state index in [9.17, 15) is 14.4 Å². The SMILES string of the molecule is CC/C=C\C/C=C\C/C=C\CCCCCC(=O)OCC(COC(=O)CCCCCCCCCCC/C=C\C/C=C\CCCCC)OC(=O)CCCCCCCCCCCCCCCCC. The summed E-state index contributed by atoms with van der Waals surface area (Å²) in [6, 6.07) is 0. The fourth-order valence-corrected chi connectivity index (χ4v) is 7.84. The lowest BCUT2D eigenvalue weighted by Gasteiger charge is -2.18. The minimum absolute atomic E-state index is 0.0837. The molecule has 0 saturated heterocycles. The summed E-state index contributed by atoms with van der Waals surface area (Å²) in [6.45, 7) is 6.49. The summed E-state index contributed by atoms with van der Waals surface area (Å²) < 4.78 is 16.8. The van der Waals surface area contributed by atoms with Gasteiger partial charge in [0, 0.05) is 19.3 Å². The molecule has 376 valence electrons. The van der Waals surface area contributed by atoms with E-state index in [-0.39, 0.29) is 31.1 Å². The van der Waals surface area contributed by atoms with Gasteiger partial charge in [0.1, 0.15) is 13.2 Å². The maximum Gasteiger partial charge on any atom is 0.306 e. The van der Waals surface area contributed by atoms with E-state index in [1.54, 1.807) is 0 Å². The third-order valence-electron chi connectivity index (χ3n) is 12.0. The number of hydrogen-bond acceptors (Lipinski definition) is 6. The van der Waals surface area contributed by atoms with Crippen LogP contribution in [0.25, 0.3) is 0 Å². The average Bonchev–Trinajstić information content (AvgIpc) is 3.30. The smallest absolute Gasteiger partial charge is 0.306 e. The van der Waals surface area contributed by atoms with Crippen molar-refractivity contribution in [3.63, 3.8) is 0 Å². The normalized spacial score (nSPS) is 12.5. The van der Waals surface area contributed by atoms with E-state index in [0.717, 1.165) is 89.9 Å². The Morgan fingerprint density at radius 1 is 0.323 bits per heavy atom. The number of carbonyl (C=O) groups is 3. The van der Waals surface area contributed by atoms with Gasteiger partial charge in [-0.05, 0) is 83.5 Å². The maximum absolute atomic E-state index is 12.8. The highest BCUT2D eigenvalue weighted by molar-refractivity contribution is 5.71. The predicted octanol–water partition coefficient (Wildman–Crippen LogP) is 18.4. The highest BCUT2D eigenvalue weighted by Gasteiger charge is 2.19. The van der Waals surface area contributed by atoms with Crippen molar-refractivity contribution in [2.45, 2.75) is 284 Å². The van der Waals surface area contributed by atoms with E-state index in [0.29, 0.717) is 19.3 Å². The molecule has 0 aliphatic carbocycles. The molecule has 6 nitrogen and oxygen atoms in total. The zero-order chi connectivity index (χ0) is 47.2. The minimum Gasteiger partial charge on any atom is -0.462 e. The second-order valence-electron chi connectivity index (χ2n) is 18.5. The van der Waals surface area contributed by atoms with Crippen molar-refractivity contribution >= 4 is 17.9 Å². The third-order valence-corrected chi connectivity index (χ3v) is 12.0. The topological polar surface area (TPSA) is 78.9 Å². The van der Waals surface area contributed by atoms with E-state index < -0.39 is 6.10 Å². The van der Waals surface area contributed by atoms with Crippen molar-refractivity contribution < 1.29 is 28.6 Å². The average molecular weight is 909 g/mol. The summed E-state index contributed by atoms with van der Waals surface area (Å²) in [4.78, 5) is 38.1. The first-order valence-electron chi connectivity index (χ1n) is 27.8. The Morgan fingerprint density at radius 3 is 0.985 bits per heavy atom. The molecule has 0 heterocycles. The van der Waals surface area contributed by atoms with Crippen LogP contribution in [0.15, 0.2) is 60.8 Å². The summed E-state index contributed by atoms with van der Waals surface area (Å²) in [6.07, 6.45) is 66.4. The summed E-state index contributed by atoms with van der Waals surface area (Å²) >= 11 is 0. The molecule has 0 aliphatic heterocycles. The van der Waals surface area contributed by atoms with Gasteiger partial charge in [0.15, 0.2) is 6.10 Å². The first-order valence-corrected chi connectivity index (χ1v) is 27.8. The second-order valence-corrected chi connectivity index (χ2v) is 18.5. The third kappa shape index (κ3) is 51.9. The summed E-state index contributed by atoms with van der Waals surface area (Å²) in [7, 11) is 0. The molecule has 0 fully saturated rings. The Hall–Kier alpha value is -2.89. The van der Waals surface area contributed by atoms with Crippen molar-refractivity contribution in [3.8, 4) is 0 Å². The molecule has 0 N–H and O–H groups in total. The first kappa shape index (κ1) is 62.1. The number of hydrogen-bond donors (Lipinski definition) is 0. The highest BCUT2D eigenvalue weighted by atomic mass is 16.6. The number of allylic oxidation sites excluding steroid dienone is 10. The van der Waals surface area contributed by atoms with Crippen LogP contribution in [0.5, 0.6) is 0 Å². The number of carbonyl (C=O) groups excluding carboxylic acids is 3. The minimum atomic E-state index is -0.785. The van der Waals surface area contributed by atoms with Gasteiger partial charge in [0.05, 0.1) is 0 Å². The van der Waals surface area contributed by atoms with Crippen LogP contribution in [-0.4, -0.2) is 37.2 Å². The standard InChI is InChI=1S/C59H104O6/c1-4-7-10-13-16-19-22-25-27-28-29-30-32-34-37-40-43-46-49-52-58(61)64-55-56(54-63-57(60)51-48-45-42-39-36-33-24-21-18-15-12-9-6-3)65-59(62)53-50-47-44-41-38-35-31-26-23-20-17-14-11-8-5-2/h9,12,16,18-19,21,25,27,33,36,56H,4-8,10-11,13-15,17,20,22-24,26,28-32,34-35,37-55H2,1-3H3/b12-9-,19-16-,21-18-,27-25-,36-33-. The first-order chi connectivity index (χ1) is 32.0. The Balaban J connectivity index is 4.37. The number of unbranched alkanes of at least 4 members (excludes halogenated alkanes) is 29. The van der Waals surface area contributed by atoms with E-state index in [1.807, 2.05) is 0 Å². The van der Waals surface area contributed by atoms with Crippen LogP contribution in [0.1, 0.15) is 278 Å². The van der Waals surface area contributed by atoms with Crippen LogP contribution in [-0.2, 0) is 28.6 Å². The lowest BCUT2D eigenvalue weighted by Crippen LogP contribution is -2.30. The van der Waals surface area contributed by atoms with Gasteiger partial charge < -0.3 is 14.2 Å². The molecule has 0 saturated carbocycles. The van der Waals surface area contributed by atoms with Crippen molar-refractivity contribution in [2.24, 2.45) is 0 Å². The predicted molar refractivity (Wildman–Crippen MR) is 279 cm³/mol. The fraction of sp³-hybridized carbons (Fsp3) is 0.780. The van der Waals surface area contributed by atoms with E-state index in [1.165, 1.54) is 148 Å². The quantitative estimate of drug-likeness (QED) is 0.0262. The molecule has 65 heavy (non-hydrogen) atoms. The van der Waals surface area contributed by atoms with Crippen LogP contribution in [0.2, 0.25) is 0 Å². The molecular formula is C59H104O6. The lowest BCUT2D eigenvalue weighted by molar-refractivity contribution is -0.167. The van der Waals surface area contributed by atoms with Gasteiger partial charge in [-0.2, -0.15) is 0 Å². The molecular weight excluding hydrogens is 805 g/mol. The van der Waals surface area contributed by atoms with Gasteiger partial charge in [0.2, 0.25) is 0 Å². The van der Waals surface area contributed by atoms with Crippen LogP contribution in [0.4, 0.5) is 0 Å². The lowest BCUT2D eigenvalue weighted by atomic mass is 10.0. The van der Waals surface area contributed by atoms with E-state index in [4.69, 9.17) is 14.2 Å². The van der Waals surface area contributed by atoms with Crippen molar-refractivity contribution in [2.75, 3.05) is 13.2 Å². The number of esters is 3. The van der Waals surface area contributed by atoms with Crippen LogP contribution < -0.4 is 0 Å². The Morgan fingerprint density at radius 2 is 0.600 bits per heavy atom. The fourth-order valence-electron chi connectivity index (χ4n) is 7.84. The zero-order valence-electron chi connectivity index (χ0n) is 43.0. The van der Waals surface area contributed by atoms with Crippen molar-refractivity contribution in [1.29, 1.82) is 0 Å². The molecule has 0 aliphatic rings. The molecule has 1 atom stereocenters.